The Morgan fingerprint density at radius 1 is 0.850 bits per heavy atom. The molecule has 2 aromatic carbocycles. The zero-order chi connectivity index (χ0) is 13.8. The van der Waals surface area contributed by atoms with Crippen LogP contribution in [0, 0.1) is 0 Å². The fraction of sp³-hybridized carbons (Fsp3) is 0. The first-order valence-corrected chi connectivity index (χ1v) is 6.35. The summed E-state index contributed by atoms with van der Waals surface area (Å²) in [6.07, 6.45) is 1.77. The lowest BCUT2D eigenvalue weighted by Crippen LogP contribution is -2.20. The predicted octanol–water partition coefficient (Wildman–Crippen LogP) is 3.30. The monoisotopic (exact) mass is 264 g/mol. The minimum absolute atomic E-state index is 0.264. The molecule has 0 saturated carbocycles. The van der Waals surface area contributed by atoms with Crippen molar-refractivity contribution in [3.05, 3.63) is 66.9 Å². The Balaban J connectivity index is 1.74. The van der Waals surface area contributed by atoms with Gasteiger partial charge in [0.25, 0.3) is 0 Å². The number of fused-ring (bicyclic) bond motifs is 1. The van der Waals surface area contributed by atoms with Crippen molar-refractivity contribution < 1.29 is 9.78 Å². The van der Waals surface area contributed by atoms with Crippen LogP contribution in [0.5, 0.6) is 0 Å². The van der Waals surface area contributed by atoms with Crippen LogP contribution in [-0.4, -0.2) is 6.03 Å². The van der Waals surface area contributed by atoms with Crippen molar-refractivity contribution in [2.75, 3.05) is 10.6 Å². The summed E-state index contributed by atoms with van der Waals surface area (Å²) in [5, 5.41) is 6.62. The molecule has 0 atom stereocenters. The number of aromatic nitrogens is 1. The second-order valence-electron chi connectivity index (χ2n) is 4.42. The number of urea groups is 1. The highest BCUT2D eigenvalue weighted by atomic mass is 16.2. The van der Waals surface area contributed by atoms with Gasteiger partial charge in [-0.25, -0.2) is 9.78 Å². The summed E-state index contributed by atoms with van der Waals surface area (Å²) in [5.74, 6) is 0. The number of nitrogens with one attached hydrogen (secondary N) is 3. The molecule has 1 aromatic heterocycles. The molecule has 0 radical (unpaired) electrons. The average molecular weight is 264 g/mol. The highest BCUT2D eigenvalue weighted by Gasteiger charge is 2.06. The van der Waals surface area contributed by atoms with E-state index in [0.29, 0.717) is 0 Å². The number of pyridine rings is 1. The Hall–Kier alpha value is -2.88. The van der Waals surface area contributed by atoms with E-state index in [2.05, 4.69) is 15.6 Å². The van der Waals surface area contributed by atoms with E-state index in [4.69, 9.17) is 0 Å². The van der Waals surface area contributed by atoms with Gasteiger partial charge in [-0.3, -0.25) is 0 Å². The number of hydrogen-bond acceptors (Lipinski definition) is 1. The normalized spacial score (nSPS) is 10.2. The van der Waals surface area contributed by atoms with Crippen molar-refractivity contribution in [1.29, 1.82) is 0 Å². The maximum atomic E-state index is 11.9. The summed E-state index contributed by atoms with van der Waals surface area (Å²) in [5.41, 5.74) is 2.51. The van der Waals surface area contributed by atoms with Gasteiger partial charge in [0.1, 0.15) is 5.69 Å². The molecular weight excluding hydrogens is 250 g/mol. The van der Waals surface area contributed by atoms with Crippen LogP contribution in [0.15, 0.2) is 66.9 Å². The van der Waals surface area contributed by atoms with Gasteiger partial charge in [0.15, 0.2) is 6.20 Å². The van der Waals surface area contributed by atoms with Crippen molar-refractivity contribution >= 4 is 28.3 Å². The van der Waals surface area contributed by atoms with Crippen LogP contribution in [0.4, 0.5) is 16.2 Å². The summed E-state index contributed by atoms with van der Waals surface area (Å²) in [4.78, 5) is 15.0. The van der Waals surface area contributed by atoms with E-state index >= 15 is 0 Å². The number of para-hydroxylation sites is 2. The molecule has 0 aliphatic carbocycles. The topological polar surface area (TPSA) is 55.3 Å². The maximum absolute atomic E-state index is 11.9. The molecule has 0 bridgehead atoms. The quantitative estimate of drug-likeness (QED) is 0.733. The van der Waals surface area contributed by atoms with Gasteiger partial charge in [-0.15, -0.1) is 0 Å². The zero-order valence-electron chi connectivity index (χ0n) is 10.8. The second kappa shape index (κ2) is 5.40. The van der Waals surface area contributed by atoms with Crippen molar-refractivity contribution in [2.24, 2.45) is 0 Å². The standard InChI is InChI=1S/C16H13N3O/c20-16(18-13-7-2-1-3-8-13)19-14-10-12-6-4-5-9-15(12)17-11-14/h1-11H,(H2,18,19,20)/p+1. The molecule has 20 heavy (non-hydrogen) atoms. The van der Waals surface area contributed by atoms with Crippen molar-refractivity contribution in [1.82, 2.24) is 0 Å². The molecular formula is C16H14N3O+. The van der Waals surface area contributed by atoms with Crippen molar-refractivity contribution in [2.45, 2.75) is 0 Å². The molecule has 2 amide bonds. The van der Waals surface area contributed by atoms with E-state index < -0.39 is 0 Å². The summed E-state index contributed by atoms with van der Waals surface area (Å²) < 4.78 is 0. The molecule has 3 rings (SSSR count). The highest BCUT2D eigenvalue weighted by Crippen LogP contribution is 2.14. The molecule has 0 spiro atoms. The predicted molar refractivity (Wildman–Crippen MR) is 79.6 cm³/mol. The molecule has 0 saturated heterocycles. The van der Waals surface area contributed by atoms with Gasteiger partial charge in [-0.05, 0) is 24.3 Å². The van der Waals surface area contributed by atoms with E-state index in [-0.39, 0.29) is 6.03 Å². The van der Waals surface area contributed by atoms with Gasteiger partial charge in [0.05, 0.1) is 0 Å². The molecule has 3 N–H and O–H groups in total. The Kier molecular flexibility index (Phi) is 3.29. The number of benzene rings is 2. The lowest BCUT2D eigenvalue weighted by molar-refractivity contribution is -0.343. The average Bonchev–Trinajstić information content (AvgIpc) is 2.48. The van der Waals surface area contributed by atoms with E-state index in [1.807, 2.05) is 60.7 Å². The van der Waals surface area contributed by atoms with E-state index in [1.54, 1.807) is 6.20 Å². The number of carbonyl (C=O) groups is 1. The van der Waals surface area contributed by atoms with E-state index in [9.17, 15) is 4.79 Å². The van der Waals surface area contributed by atoms with Crippen molar-refractivity contribution in [3.63, 3.8) is 0 Å². The summed E-state index contributed by atoms with van der Waals surface area (Å²) >= 11 is 0. The molecule has 1 heterocycles. The van der Waals surface area contributed by atoms with Crippen LogP contribution >= 0.6 is 0 Å². The highest BCUT2D eigenvalue weighted by molar-refractivity contribution is 6.00. The third kappa shape index (κ3) is 2.75. The summed E-state index contributed by atoms with van der Waals surface area (Å²) in [6, 6.07) is 18.9. The Morgan fingerprint density at radius 3 is 2.40 bits per heavy atom. The number of carbonyl (C=O) groups excluding carboxylic acids is 1. The lowest BCUT2D eigenvalue weighted by Gasteiger charge is -2.06. The first-order chi connectivity index (χ1) is 9.81. The van der Waals surface area contributed by atoms with E-state index in [0.717, 1.165) is 22.3 Å². The van der Waals surface area contributed by atoms with Crippen LogP contribution in [0.25, 0.3) is 10.9 Å². The fourth-order valence-corrected chi connectivity index (χ4v) is 2.01. The minimum atomic E-state index is -0.264. The molecule has 4 heteroatoms. The van der Waals surface area contributed by atoms with Gasteiger partial charge in [0, 0.05) is 17.1 Å². The minimum Gasteiger partial charge on any atom is -0.308 e. The lowest BCUT2D eigenvalue weighted by atomic mass is 10.2. The van der Waals surface area contributed by atoms with Gasteiger partial charge in [-0.1, -0.05) is 30.3 Å². The molecule has 0 aliphatic rings. The smallest absolute Gasteiger partial charge is 0.308 e. The third-order valence-corrected chi connectivity index (χ3v) is 2.94. The Labute approximate surface area is 116 Å². The Bertz CT molecular complexity index is 741. The number of rotatable bonds is 2. The first kappa shape index (κ1) is 12.2. The van der Waals surface area contributed by atoms with Crippen LogP contribution in [0.1, 0.15) is 0 Å². The number of amides is 2. The summed E-state index contributed by atoms with van der Waals surface area (Å²) in [7, 11) is 0. The summed E-state index contributed by atoms with van der Waals surface area (Å²) in [6.45, 7) is 0. The molecule has 3 aromatic rings. The van der Waals surface area contributed by atoms with Crippen molar-refractivity contribution in [3.8, 4) is 0 Å². The Morgan fingerprint density at radius 2 is 1.55 bits per heavy atom. The molecule has 0 unspecified atom stereocenters. The largest absolute Gasteiger partial charge is 0.323 e. The number of anilines is 2. The number of H-pyrrole nitrogens is 1. The number of hydrogen-bond donors (Lipinski definition) is 2. The second-order valence-corrected chi connectivity index (χ2v) is 4.42. The molecule has 0 aliphatic heterocycles. The molecule has 98 valence electrons. The fourth-order valence-electron chi connectivity index (χ4n) is 2.01. The van der Waals surface area contributed by atoms with Gasteiger partial charge < -0.3 is 10.6 Å². The zero-order valence-corrected chi connectivity index (χ0v) is 10.8. The maximum Gasteiger partial charge on any atom is 0.323 e. The third-order valence-electron chi connectivity index (χ3n) is 2.94. The van der Waals surface area contributed by atoms with Crippen LogP contribution in [-0.2, 0) is 0 Å². The molecule has 4 nitrogen and oxygen atoms in total. The van der Waals surface area contributed by atoms with E-state index in [1.165, 1.54) is 0 Å². The first-order valence-electron chi connectivity index (χ1n) is 6.35. The van der Waals surface area contributed by atoms with Crippen LogP contribution in [0.3, 0.4) is 0 Å². The van der Waals surface area contributed by atoms with Crippen LogP contribution < -0.4 is 15.6 Å². The van der Waals surface area contributed by atoms with Crippen LogP contribution in [0.2, 0.25) is 0 Å². The van der Waals surface area contributed by atoms with Gasteiger partial charge >= 0.3 is 6.03 Å². The number of aromatic amines is 1. The van der Waals surface area contributed by atoms with Gasteiger partial charge in [-0.2, -0.15) is 0 Å². The molecule has 0 fully saturated rings. The van der Waals surface area contributed by atoms with Gasteiger partial charge in [0.2, 0.25) is 5.52 Å². The SMILES string of the molecule is O=C(Nc1ccccc1)Nc1c[nH+]c2ccccc2c1.